The Labute approximate surface area is 139 Å². The van der Waals surface area contributed by atoms with Gasteiger partial charge in [0.25, 0.3) is 0 Å². The van der Waals surface area contributed by atoms with E-state index in [1.54, 1.807) is 0 Å². The molecule has 0 heterocycles. The highest BCUT2D eigenvalue weighted by atomic mass is 16.5. The molecule has 1 atom stereocenters. The first-order valence-electron chi connectivity index (χ1n) is 8.43. The summed E-state index contributed by atoms with van der Waals surface area (Å²) in [5.41, 5.74) is 2.34. The van der Waals surface area contributed by atoms with E-state index in [-0.39, 0.29) is 0 Å². The molecule has 2 aromatic carbocycles. The molecule has 1 unspecified atom stereocenters. The molecule has 124 valence electrons. The average molecular weight is 313 g/mol. The Kier molecular flexibility index (Phi) is 6.79. The number of benzene rings is 2. The molecule has 1 N–H and O–H groups in total. The van der Waals surface area contributed by atoms with E-state index in [0.717, 1.165) is 30.2 Å². The van der Waals surface area contributed by atoms with Crippen LogP contribution in [0, 0.1) is 0 Å². The van der Waals surface area contributed by atoms with Crippen molar-refractivity contribution in [3.63, 3.8) is 0 Å². The lowest BCUT2D eigenvalue weighted by Crippen LogP contribution is -2.12. The third-order valence-corrected chi connectivity index (χ3v) is 3.90. The van der Waals surface area contributed by atoms with E-state index in [1.807, 2.05) is 37.3 Å². The lowest BCUT2D eigenvalue weighted by Gasteiger charge is -2.16. The lowest BCUT2D eigenvalue weighted by atomic mass is 9.98. The Morgan fingerprint density at radius 3 is 2.61 bits per heavy atom. The Bertz CT molecular complexity index is 598. The van der Waals surface area contributed by atoms with Gasteiger partial charge in [-0.05, 0) is 43.0 Å². The highest BCUT2D eigenvalue weighted by Crippen LogP contribution is 2.28. The van der Waals surface area contributed by atoms with Gasteiger partial charge in [0.15, 0.2) is 0 Å². The second kappa shape index (κ2) is 9.09. The molecule has 3 nitrogen and oxygen atoms in total. The van der Waals surface area contributed by atoms with Gasteiger partial charge in [-0.1, -0.05) is 38.1 Å². The van der Waals surface area contributed by atoms with Gasteiger partial charge in [-0.3, -0.25) is 0 Å². The molecular formula is C20H27NO2. The van der Waals surface area contributed by atoms with Gasteiger partial charge < -0.3 is 14.8 Å². The zero-order valence-electron chi connectivity index (χ0n) is 14.3. The van der Waals surface area contributed by atoms with Gasteiger partial charge >= 0.3 is 0 Å². The Balaban J connectivity index is 1.85. The second-order valence-electron chi connectivity index (χ2n) is 5.58. The smallest absolute Gasteiger partial charge is 0.122 e. The van der Waals surface area contributed by atoms with E-state index in [4.69, 9.17) is 9.47 Å². The fraction of sp³-hybridized carbons (Fsp3) is 0.400. The molecule has 0 amide bonds. The number of hydrogen-bond donors (Lipinski definition) is 1. The van der Waals surface area contributed by atoms with Gasteiger partial charge in [-0.2, -0.15) is 0 Å². The summed E-state index contributed by atoms with van der Waals surface area (Å²) in [6.07, 6.45) is 1.11. The van der Waals surface area contributed by atoms with Crippen LogP contribution in [-0.4, -0.2) is 19.8 Å². The largest absolute Gasteiger partial charge is 0.494 e. The molecule has 2 rings (SSSR count). The molecule has 0 aliphatic rings. The number of ether oxygens (including phenoxy) is 2. The van der Waals surface area contributed by atoms with Crippen molar-refractivity contribution >= 4 is 5.69 Å². The first kappa shape index (κ1) is 17.2. The first-order chi connectivity index (χ1) is 11.2. The normalized spacial score (nSPS) is 11.8. The van der Waals surface area contributed by atoms with Crippen LogP contribution in [0.4, 0.5) is 5.69 Å². The van der Waals surface area contributed by atoms with Crippen LogP contribution in [0.25, 0.3) is 0 Å². The summed E-state index contributed by atoms with van der Waals surface area (Å²) >= 11 is 0. The van der Waals surface area contributed by atoms with Crippen LogP contribution in [0.15, 0.2) is 48.5 Å². The SMILES string of the molecule is CCOc1cccc(NCCOc2ccccc2C(C)CC)c1. The minimum Gasteiger partial charge on any atom is -0.494 e. The molecule has 23 heavy (non-hydrogen) atoms. The molecule has 0 radical (unpaired) electrons. The molecule has 3 heteroatoms. The standard InChI is InChI=1S/C20H27NO2/c1-4-16(3)19-11-6-7-12-20(19)23-14-13-21-17-9-8-10-18(15-17)22-5-2/h6-12,15-16,21H,4-5,13-14H2,1-3H3. The molecule has 0 aromatic heterocycles. The van der Waals surface area contributed by atoms with Crippen LogP contribution in [0.3, 0.4) is 0 Å². The van der Waals surface area contributed by atoms with Crippen LogP contribution < -0.4 is 14.8 Å². The maximum atomic E-state index is 5.97. The van der Waals surface area contributed by atoms with Crippen molar-refractivity contribution in [1.29, 1.82) is 0 Å². The van der Waals surface area contributed by atoms with Crippen LogP contribution in [0.1, 0.15) is 38.7 Å². The summed E-state index contributed by atoms with van der Waals surface area (Å²) in [4.78, 5) is 0. The number of nitrogens with one attached hydrogen (secondary N) is 1. The van der Waals surface area contributed by atoms with Crippen molar-refractivity contribution in [2.24, 2.45) is 0 Å². The molecule has 0 bridgehead atoms. The van der Waals surface area contributed by atoms with Crippen LogP contribution in [0.2, 0.25) is 0 Å². The Morgan fingerprint density at radius 2 is 1.83 bits per heavy atom. The highest BCUT2D eigenvalue weighted by molar-refractivity contribution is 5.48. The summed E-state index contributed by atoms with van der Waals surface area (Å²) in [5, 5.41) is 3.37. The van der Waals surface area contributed by atoms with Crippen LogP contribution in [0.5, 0.6) is 11.5 Å². The first-order valence-corrected chi connectivity index (χ1v) is 8.43. The van der Waals surface area contributed by atoms with Crippen molar-refractivity contribution in [3.05, 3.63) is 54.1 Å². The zero-order chi connectivity index (χ0) is 16.5. The van der Waals surface area contributed by atoms with E-state index in [9.17, 15) is 0 Å². The number of anilines is 1. The third-order valence-electron chi connectivity index (χ3n) is 3.90. The lowest BCUT2D eigenvalue weighted by molar-refractivity contribution is 0.327. The Hall–Kier alpha value is -2.16. The predicted molar refractivity (Wildman–Crippen MR) is 96.7 cm³/mol. The quantitative estimate of drug-likeness (QED) is 0.654. The molecule has 0 fully saturated rings. The van der Waals surface area contributed by atoms with Gasteiger partial charge in [-0.25, -0.2) is 0 Å². The number of para-hydroxylation sites is 1. The third kappa shape index (κ3) is 5.20. The summed E-state index contributed by atoms with van der Waals surface area (Å²) in [6, 6.07) is 16.3. The summed E-state index contributed by atoms with van der Waals surface area (Å²) < 4.78 is 11.5. The van der Waals surface area contributed by atoms with Crippen molar-refractivity contribution in [1.82, 2.24) is 0 Å². The van der Waals surface area contributed by atoms with Crippen molar-refractivity contribution < 1.29 is 9.47 Å². The van der Waals surface area contributed by atoms with E-state index < -0.39 is 0 Å². The Morgan fingerprint density at radius 1 is 1.00 bits per heavy atom. The second-order valence-corrected chi connectivity index (χ2v) is 5.58. The number of rotatable bonds is 9. The predicted octanol–water partition coefficient (Wildman–Crippen LogP) is 5.09. The molecule has 0 aliphatic heterocycles. The molecular weight excluding hydrogens is 286 g/mol. The van der Waals surface area contributed by atoms with Gasteiger partial charge in [0, 0.05) is 18.3 Å². The average Bonchev–Trinajstić information content (AvgIpc) is 2.59. The number of hydrogen-bond acceptors (Lipinski definition) is 3. The van der Waals surface area contributed by atoms with Gasteiger partial charge in [0.1, 0.15) is 18.1 Å². The van der Waals surface area contributed by atoms with E-state index in [0.29, 0.717) is 19.1 Å². The maximum Gasteiger partial charge on any atom is 0.122 e. The monoisotopic (exact) mass is 313 g/mol. The topological polar surface area (TPSA) is 30.5 Å². The zero-order valence-corrected chi connectivity index (χ0v) is 14.3. The summed E-state index contributed by atoms with van der Waals surface area (Å²) in [6.45, 7) is 8.49. The van der Waals surface area contributed by atoms with E-state index in [1.165, 1.54) is 5.56 Å². The van der Waals surface area contributed by atoms with Crippen LogP contribution in [-0.2, 0) is 0 Å². The molecule has 0 saturated carbocycles. The van der Waals surface area contributed by atoms with E-state index in [2.05, 4.69) is 37.4 Å². The molecule has 0 saturated heterocycles. The van der Waals surface area contributed by atoms with Gasteiger partial charge in [-0.15, -0.1) is 0 Å². The molecule has 0 spiro atoms. The molecule has 2 aromatic rings. The fourth-order valence-electron chi connectivity index (χ4n) is 2.46. The fourth-order valence-corrected chi connectivity index (χ4v) is 2.46. The maximum absolute atomic E-state index is 5.97. The minimum absolute atomic E-state index is 0.516. The van der Waals surface area contributed by atoms with Crippen molar-refractivity contribution in [2.75, 3.05) is 25.1 Å². The minimum atomic E-state index is 0.516. The van der Waals surface area contributed by atoms with Crippen LogP contribution >= 0.6 is 0 Å². The van der Waals surface area contributed by atoms with Crippen molar-refractivity contribution in [2.45, 2.75) is 33.1 Å². The van der Waals surface area contributed by atoms with E-state index >= 15 is 0 Å². The van der Waals surface area contributed by atoms with Gasteiger partial charge in [0.2, 0.25) is 0 Å². The van der Waals surface area contributed by atoms with Crippen molar-refractivity contribution in [3.8, 4) is 11.5 Å². The summed E-state index contributed by atoms with van der Waals surface area (Å²) in [7, 11) is 0. The van der Waals surface area contributed by atoms with Gasteiger partial charge in [0.05, 0.1) is 6.61 Å². The molecule has 0 aliphatic carbocycles. The summed E-state index contributed by atoms with van der Waals surface area (Å²) in [5.74, 6) is 2.40. The highest BCUT2D eigenvalue weighted by Gasteiger charge is 2.09.